The van der Waals surface area contributed by atoms with Crippen LogP contribution < -0.4 is 5.32 Å². The Morgan fingerprint density at radius 2 is 2.05 bits per heavy atom. The molecule has 21 heavy (non-hydrogen) atoms. The van der Waals surface area contributed by atoms with Crippen molar-refractivity contribution < 1.29 is 14.7 Å². The summed E-state index contributed by atoms with van der Waals surface area (Å²) >= 11 is 0. The Morgan fingerprint density at radius 1 is 1.29 bits per heavy atom. The summed E-state index contributed by atoms with van der Waals surface area (Å²) in [5, 5.41) is 15.7. The Morgan fingerprint density at radius 3 is 2.71 bits per heavy atom. The Labute approximate surface area is 121 Å². The molecule has 0 spiro atoms. The van der Waals surface area contributed by atoms with Crippen LogP contribution in [0.3, 0.4) is 0 Å². The molecule has 2 unspecified atom stereocenters. The first-order valence-corrected chi connectivity index (χ1v) is 6.73. The minimum Gasteiger partial charge on any atom is -0.481 e. The molecule has 1 saturated carbocycles. The average molecular weight is 285 g/mol. The van der Waals surface area contributed by atoms with E-state index >= 15 is 0 Å². The van der Waals surface area contributed by atoms with Gasteiger partial charge in [-0.3, -0.25) is 14.3 Å². The minimum atomic E-state index is -0.907. The van der Waals surface area contributed by atoms with E-state index in [1.807, 2.05) is 30.3 Å². The number of nitrogens with zero attached hydrogens (tertiary/aromatic N) is 2. The van der Waals surface area contributed by atoms with Crippen LogP contribution in [-0.4, -0.2) is 26.8 Å². The van der Waals surface area contributed by atoms with Gasteiger partial charge in [0.25, 0.3) is 0 Å². The highest BCUT2D eigenvalue weighted by Crippen LogP contribution is 2.39. The molecular weight excluding hydrogens is 270 g/mol. The van der Waals surface area contributed by atoms with Crippen LogP contribution in [0.5, 0.6) is 0 Å². The second-order valence-electron chi connectivity index (χ2n) is 5.19. The van der Waals surface area contributed by atoms with Gasteiger partial charge in [0.05, 0.1) is 30.3 Å². The predicted octanol–water partition coefficient (Wildman–Crippen LogP) is 1.59. The van der Waals surface area contributed by atoms with Crippen molar-refractivity contribution in [3.05, 3.63) is 48.3 Å². The molecule has 2 aromatic rings. The molecule has 1 aromatic carbocycles. The number of carbonyl (C=O) groups excluding carboxylic acids is 1. The molecule has 2 N–H and O–H groups in total. The van der Waals surface area contributed by atoms with Crippen LogP contribution in [0.2, 0.25) is 0 Å². The van der Waals surface area contributed by atoms with Crippen LogP contribution >= 0.6 is 0 Å². The van der Waals surface area contributed by atoms with E-state index in [-0.39, 0.29) is 5.91 Å². The van der Waals surface area contributed by atoms with Gasteiger partial charge in [-0.1, -0.05) is 30.3 Å². The van der Waals surface area contributed by atoms with Crippen LogP contribution in [0.4, 0.5) is 5.69 Å². The first kappa shape index (κ1) is 13.4. The molecule has 0 radical (unpaired) electrons. The fourth-order valence-electron chi connectivity index (χ4n) is 2.28. The van der Waals surface area contributed by atoms with Gasteiger partial charge in [-0.2, -0.15) is 5.10 Å². The molecule has 1 aliphatic carbocycles. The predicted molar refractivity (Wildman–Crippen MR) is 75.6 cm³/mol. The van der Waals surface area contributed by atoms with E-state index in [0.717, 1.165) is 5.56 Å². The third-order valence-electron chi connectivity index (χ3n) is 3.53. The van der Waals surface area contributed by atoms with Crippen LogP contribution in [0.15, 0.2) is 42.7 Å². The van der Waals surface area contributed by atoms with Crippen molar-refractivity contribution in [2.75, 3.05) is 5.32 Å². The van der Waals surface area contributed by atoms with Crippen molar-refractivity contribution in [2.24, 2.45) is 11.8 Å². The van der Waals surface area contributed by atoms with Crippen molar-refractivity contribution >= 4 is 17.6 Å². The van der Waals surface area contributed by atoms with Gasteiger partial charge in [-0.25, -0.2) is 0 Å². The summed E-state index contributed by atoms with van der Waals surface area (Å²) < 4.78 is 1.73. The lowest BCUT2D eigenvalue weighted by Crippen LogP contribution is -2.16. The zero-order chi connectivity index (χ0) is 14.8. The molecule has 1 heterocycles. The molecule has 6 nitrogen and oxygen atoms in total. The van der Waals surface area contributed by atoms with Crippen LogP contribution in [0.1, 0.15) is 12.0 Å². The lowest BCUT2D eigenvalue weighted by Gasteiger charge is -2.02. The number of carboxylic acid groups (broad SMARTS) is 1. The quantitative estimate of drug-likeness (QED) is 0.873. The second kappa shape index (κ2) is 5.40. The van der Waals surface area contributed by atoms with Gasteiger partial charge in [0.1, 0.15) is 0 Å². The molecule has 1 aliphatic rings. The number of benzene rings is 1. The smallest absolute Gasteiger partial charge is 0.307 e. The van der Waals surface area contributed by atoms with Gasteiger partial charge < -0.3 is 10.4 Å². The first-order valence-electron chi connectivity index (χ1n) is 6.73. The number of rotatable bonds is 5. The monoisotopic (exact) mass is 285 g/mol. The fraction of sp³-hybridized carbons (Fsp3) is 0.267. The molecule has 0 aliphatic heterocycles. The largest absolute Gasteiger partial charge is 0.481 e. The van der Waals surface area contributed by atoms with Crippen molar-refractivity contribution in [2.45, 2.75) is 13.0 Å². The normalized spacial score (nSPS) is 20.0. The molecule has 1 amide bonds. The first-order chi connectivity index (χ1) is 10.1. The maximum absolute atomic E-state index is 11.8. The number of aliphatic carboxylic acids is 1. The fourth-order valence-corrected chi connectivity index (χ4v) is 2.28. The van der Waals surface area contributed by atoms with E-state index in [1.54, 1.807) is 17.1 Å². The zero-order valence-corrected chi connectivity index (χ0v) is 11.3. The van der Waals surface area contributed by atoms with Gasteiger partial charge in [0, 0.05) is 6.20 Å². The Bertz CT molecular complexity index is 666. The van der Waals surface area contributed by atoms with E-state index in [2.05, 4.69) is 10.4 Å². The minimum absolute atomic E-state index is 0.248. The van der Waals surface area contributed by atoms with E-state index in [9.17, 15) is 9.59 Å². The molecule has 108 valence electrons. The Kier molecular flexibility index (Phi) is 3.43. The molecule has 6 heteroatoms. The van der Waals surface area contributed by atoms with Crippen molar-refractivity contribution in [1.82, 2.24) is 9.78 Å². The van der Waals surface area contributed by atoms with Gasteiger partial charge in [-0.15, -0.1) is 0 Å². The van der Waals surface area contributed by atoms with Gasteiger partial charge >= 0.3 is 5.97 Å². The summed E-state index contributed by atoms with van der Waals surface area (Å²) in [4.78, 5) is 22.6. The lowest BCUT2D eigenvalue weighted by molar-refractivity contribution is -0.139. The van der Waals surface area contributed by atoms with Gasteiger partial charge in [-0.05, 0) is 12.0 Å². The third-order valence-corrected chi connectivity index (χ3v) is 3.53. The topological polar surface area (TPSA) is 84.2 Å². The molecule has 3 rings (SSSR count). The van der Waals surface area contributed by atoms with E-state index in [4.69, 9.17) is 5.11 Å². The van der Waals surface area contributed by atoms with Crippen molar-refractivity contribution in [3.8, 4) is 0 Å². The lowest BCUT2D eigenvalue weighted by atomic mass is 10.2. The molecule has 0 saturated heterocycles. The number of carbonyl (C=O) groups is 2. The molecule has 1 aromatic heterocycles. The SMILES string of the molecule is O=C(O)C1CC1C(=O)Nc1cnn(Cc2ccccc2)c1. The van der Waals surface area contributed by atoms with Crippen molar-refractivity contribution in [1.29, 1.82) is 0 Å². The highest BCUT2D eigenvalue weighted by atomic mass is 16.4. The number of hydrogen-bond acceptors (Lipinski definition) is 3. The molecule has 1 fully saturated rings. The maximum Gasteiger partial charge on any atom is 0.307 e. The van der Waals surface area contributed by atoms with Gasteiger partial charge in [0.15, 0.2) is 0 Å². The summed E-state index contributed by atoms with van der Waals surface area (Å²) in [7, 11) is 0. The summed E-state index contributed by atoms with van der Waals surface area (Å²) in [6.07, 6.45) is 3.72. The molecular formula is C15H15N3O3. The summed E-state index contributed by atoms with van der Waals surface area (Å²) in [5.74, 6) is -2.11. The number of anilines is 1. The number of carboxylic acids is 1. The second-order valence-corrected chi connectivity index (χ2v) is 5.19. The summed E-state index contributed by atoms with van der Waals surface area (Å²) in [5.41, 5.74) is 1.71. The molecule has 0 bridgehead atoms. The van der Waals surface area contributed by atoms with Crippen molar-refractivity contribution in [3.63, 3.8) is 0 Å². The summed E-state index contributed by atoms with van der Waals surface area (Å²) in [6.45, 7) is 0.623. The Hall–Kier alpha value is -2.63. The highest BCUT2D eigenvalue weighted by molar-refractivity contribution is 5.98. The third kappa shape index (κ3) is 3.10. The zero-order valence-electron chi connectivity index (χ0n) is 11.3. The van der Waals surface area contributed by atoms with Gasteiger partial charge in [0.2, 0.25) is 5.91 Å². The van der Waals surface area contributed by atoms with Crippen LogP contribution in [-0.2, 0) is 16.1 Å². The molecule has 2 atom stereocenters. The number of hydrogen-bond donors (Lipinski definition) is 2. The van der Waals surface area contributed by atoms with Crippen LogP contribution in [0.25, 0.3) is 0 Å². The summed E-state index contributed by atoms with van der Waals surface area (Å²) in [6, 6.07) is 9.87. The Balaban J connectivity index is 1.58. The van der Waals surface area contributed by atoms with E-state index in [0.29, 0.717) is 18.7 Å². The van der Waals surface area contributed by atoms with E-state index < -0.39 is 17.8 Å². The van der Waals surface area contributed by atoms with E-state index in [1.165, 1.54) is 0 Å². The number of amides is 1. The number of nitrogens with one attached hydrogen (secondary N) is 1. The standard InChI is InChI=1S/C15H15N3O3/c19-14(12-6-13(12)15(20)21)17-11-7-16-18(9-11)8-10-4-2-1-3-5-10/h1-5,7,9,12-13H,6,8H2,(H,17,19)(H,20,21). The maximum atomic E-state index is 11.8. The van der Waals surface area contributed by atoms with Crippen LogP contribution in [0, 0.1) is 11.8 Å². The average Bonchev–Trinajstić information content (AvgIpc) is 3.17. The highest BCUT2D eigenvalue weighted by Gasteiger charge is 2.48. The number of aromatic nitrogens is 2.